The molecule has 0 fully saturated rings. The highest BCUT2D eigenvalue weighted by molar-refractivity contribution is 7.91. The van der Waals surface area contributed by atoms with Gasteiger partial charge in [-0.05, 0) is 32.3 Å². The summed E-state index contributed by atoms with van der Waals surface area (Å²) >= 11 is 0. The molecule has 0 amide bonds. The number of imidazole rings is 1. The van der Waals surface area contributed by atoms with Crippen LogP contribution >= 0.6 is 0 Å². The first-order valence-electron chi connectivity index (χ1n) is 8.78. The van der Waals surface area contributed by atoms with Gasteiger partial charge in [0.1, 0.15) is 27.8 Å². The monoisotopic (exact) mass is 368 g/mol. The Balaban J connectivity index is 2.24. The second kappa shape index (κ2) is 8.62. The first-order chi connectivity index (χ1) is 11.9. The van der Waals surface area contributed by atoms with Crippen LogP contribution in [0.15, 0.2) is 6.20 Å². The van der Waals surface area contributed by atoms with Crippen LogP contribution in [0.2, 0.25) is 0 Å². The van der Waals surface area contributed by atoms with E-state index in [0.717, 1.165) is 23.3 Å². The van der Waals surface area contributed by atoms with E-state index in [-0.39, 0.29) is 11.5 Å². The summed E-state index contributed by atoms with van der Waals surface area (Å²) < 4.78 is 31.7. The lowest BCUT2D eigenvalue weighted by atomic mass is 10.2. The second-order valence-corrected chi connectivity index (χ2v) is 8.50. The number of aryl methyl sites for hydroxylation is 2. The summed E-state index contributed by atoms with van der Waals surface area (Å²) in [4.78, 5) is 8.74. The maximum Gasteiger partial charge on any atom is 0.151 e. The number of fused-ring (bicyclic) bond motifs is 1. The molecule has 0 aromatic carbocycles. The van der Waals surface area contributed by atoms with E-state index in [2.05, 4.69) is 9.97 Å². The van der Waals surface area contributed by atoms with Gasteiger partial charge in [-0.3, -0.25) is 0 Å². The fourth-order valence-electron chi connectivity index (χ4n) is 2.82. The Morgan fingerprint density at radius 2 is 1.96 bits per heavy atom. The average Bonchev–Trinajstić information content (AvgIpc) is 2.94. The normalized spacial score (nSPS) is 12.1. The molecule has 2 aromatic heterocycles. The minimum Gasteiger partial charge on any atom is -0.382 e. The number of unbranched alkanes of at least 4 members (excludes halogenated alkanes) is 1. The van der Waals surface area contributed by atoms with Gasteiger partial charge in [-0.25, -0.2) is 18.4 Å². The van der Waals surface area contributed by atoms with Crippen LogP contribution in [-0.2, 0) is 27.7 Å². The van der Waals surface area contributed by atoms with Crippen LogP contribution in [0.4, 0.5) is 5.82 Å². The summed E-state index contributed by atoms with van der Waals surface area (Å²) in [6.07, 6.45) is 3.86. The molecular formula is C17H28N4O3S. The zero-order valence-electron chi connectivity index (χ0n) is 15.3. The number of aromatic nitrogens is 3. The molecule has 2 rings (SSSR count). The van der Waals surface area contributed by atoms with E-state index in [4.69, 9.17) is 10.5 Å². The van der Waals surface area contributed by atoms with E-state index in [1.54, 1.807) is 6.20 Å². The molecule has 140 valence electrons. The van der Waals surface area contributed by atoms with Crippen molar-refractivity contribution in [1.82, 2.24) is 14.5 Å². The zero-order chi connectivity index (χ0) is 18.4. The molecule has 25 heavy (non-hydrogen) atoms. The average molecular weight is 369 g/mol. The molecular weight excluding hydrogens is 340 g/mol. The lowest BCUT2D eigenvalue weighted by Gasteiger charge is -2.11. The molecule has 0 aliphatic rings. The third-order valence-electron chi connectivity index (χ3n) is 4.14. The van der Waals surface area contributed by atoms with Gasteiger partial charge in [0.25, 0.3) is 0 Å². The van der Waals surface area contributed by atoms with Crippen LogP contribution in [0.3, 0.4) is 0 Å². The summed E-state index contributed by atoms with van der Waals surface area (Å²) in [5.74, 6) is 1.58. The largest absolute Gasteiger partial charge is 0.382 e. The van der Waals surface area contributed by atoms with Gasteiger partial charge in [0, 0.05) is 19.3 Å². The molecule has 0 saturated carbocycles. The molecule has 0 bridgehead atoms. The van der Waals surface area contributed by atoms with E-state index in [9.17, 15) is 8.42 Å². The summed E-state index contributed by atoms with van der Waals surface area (Å²) in [6, 6.07) is 0. The number of sulfone groups is 1. The maximum absolute atomic E-state index is 12.1. The quantitative estimate of drug-likeness (QED) is 0.691. The zero-order valence-corrected chi connectivity index (χ0v) is 16.1. The Bertz CT molecular complexity index is 815. The van der Waals surface area contributed by atoms with Crippen LogP contribution in [0.5, 0.6) is 0 Å². The number of rotatable bonds is 10. The highest BCUT2D eigenvalue weighted by Crippen LogP contribution is 2.24. The number of ether oxygens (including phenoxy) is 1. The van der Waals surface area contributed by atoms with Crippen molar-refractivity contribution >= 4 is 26.7 Å². The van der Waals surface area contributed by atoms with Gasteiger partial charge in [-0.15, -0.1) is 0 Å². The van der Waals surface area contributed by atoms with Crippen LogP contribution in [0.25, 0.3) is 11.0 Å². The Kier molecular flexibility index (Phi) is 6.78. The molecule has 0 spiro atoms. The van der Waals surface area contributed by atoms with Crippen molar-refractivity contribution in [3.8, 4) is 0 Å². The molecule has 7 nitrogen and oxygen atoms in total. The van der Waals surface area contributed by atoms with Crippen LogP contribution < -0.4 is 5.73 Å². The summed E-state index contributed by atoms with van der Waals surface area (Å²) in [7, 11) is -3.00. The van der Waals surface area contributed by atoms with Crippen LogP contribution in [0.1, 0.15) is 44.5 Å². The summed E-state index contributed by atoms with van der Waals surface area (Å²) in [5, 5.41) is 0. The van der Waals surface area contributed by atoms with Gasteiger partial charge in [0.15, 0.2) is 5.82 Å². The van der Waals surface area contributed by atoms with Crippen molar-refractivity contribution in [2.24, 2.45) is 0 Å². The van der Waals surface area contributed by atoms with Gasteiger partial charge in [-0.2, -0.15) is 0 Å². The van der Waals surface area contributed by atoms with Gasteiger partial charge < -0.3 is 15.0 Å². The Morgan fingerprint density at radius 3 is 2.64 bits per heavy atom. The lowest BCUT2D eigenvalue weighted by Crippen LogP contribution is -2.14. The predicted molar refractivity (Wildman–Crippen MR) is 100 cm³/mol. The first-order valence-corrected chi connectivity index (χ1v) is 10.6. The molecule has 0 aliphatic carbocycles. The number of nitrogens with zero attached hydrogens (tertiary/aromatic N) is 3. The molecule has 0 atom stereocenters. The molecule has 0 aliphatic heterocycles. The molecule has 2 heterocycles. The first kappa shape index (κ1) is 19.7. The van der Waals surface area contributed by atoms with Crippen molar-refractivity contribution < 1.29 is 13.2 Å². The Hall–Kier alpha value is -1.67. The van der Waals surface area contributed by atoms with E-state index < -0.39 is 9.84 Å². The van der Waals surface area contributed by atoms with Crippen molar-refractivity contribution in [3.05, 3.63) is 17.6 Å². The van der Waals surface area contributed by atoms with Gasteiger partial charge in [0.05, 0.1) is 17.0 Å². The second-order valence-electron chi connectivity index (χ2n) is 6.20. The fourth-order valence-corrected chi connectivity index (χ4v) is 4.32. The van der Waals surface area contributed by atoms with E-state index >= 15 is 0 Å². The van der Waals surface area contributed by atoms with E-state index in [1.807, 2.05) is 25.3 Å². The maximum atomic E-state index is 12.1. The SMILES string of the molecule is CCCCS(=O)(=O)CCCn1c(COCC)nc2c(N)ncc(C)c21. The smallest absolute Gasteiger partial charge is 0.151 e. The van der Waals surface area contributed by atoms with Gasteiger partial charge in [0.2, 0.25) is 0 Å². The van der Waals surface area contributed by atoms with Crippen LogP contribution in [-0.4, -0.2) is 41.1 Å². The van der Waals surface area contributed by atoms with Gasteiger partial charge in [-0.1, -0.05) is 13.3 Å². The van der Waals surface area contributed by atoms with Crippen molar-refractivity contribution in [3.63, 3.8) is 0 Å². The number of nitrogens with two attached hydrogens (primary N) is 1. The number of hydrogen-bond acceptors (Lipinski definition) is 6. The lowest BCUT2D eigenvalue weighted by molar-refractivity contribution is 0.126. The molecule has 2 N–H and O–H groups in total. The standard InChI is InChI=1S/C17H28N4O3S/c1-4-6-9-25(22,23)10-7-8-21-14(12-24-5-2)20-15-16(21)13(3)11-19-17(15)18/h11H,4-10,12H2,1-3H3,(H2,18,19). The number of nitrogen functional groups attached to an aromatic ring is 1. The van der Waals surface area contributed by atoms with Crippen molar-refractivity contribution in [2.45, 2.75) is 53.2 Å². The molecule has 0 radical (unpaired) electrons. The fraction of sp³-hybridized carbons (Fsp3) is 0.647. The number of hydrogen-bond donors (Lipinski definition) is 1. The van der Waals surface area contributed by atoms with Gasteiger partial charge >= 0.3 is 0 Å². The minimum atomic E-state index is -3.00. The predicted octanol–water partition coefficient (Wildman–Crippen LogP) is 2.46. The Labute approximate surface area is 149 Å². The third-order valence-corrected chi connectivity index (χ3v) is 5.96. The summed E-state index contributed by atoms with van der Waals surface area (Å²) in [5.41, 5.74) is 8.50. The molecule has 0 saturated heterocycles. The molecule has 0 unspecified atom stereocenters. The van der Waals surface area contributed by atoms with E-state index in [1.165, 1.54) is 0 Å². The van der Waals surface area contributed by atoms with Crippen molar-refractivity contribution in [2.75, 3.05) is 23.8 Å². The third kappa shape index (κ3) is 4.92. The van der Waals surface area contributed by atoms with Crippen LogP contribution in [0, 0.1) is 6.92 Å². The topological polar surface area (TPSA) is 100 Å². The highest BCUT2D eigenvalue weighted by atomic mass is 32.2. The van der Waals surface area contributed by atoms with Crippen molar-refractivity contribution in [1.29, 1.82) is 0 Å². The summed E-state index contributed by atoms with van der Waals surface area (Å²) in [6.45, 7) is 7.39. The Morgan fingerprint density at radius 1 is 1.24 bits per heavy atom. The highest BCUT2D eigenvalue weighted by Gasteiger charge is 2.17. The minimum absolute atomic E-state index is 0.181. The number of anilines is 1. The van der Waals surface area contributed by atoms with E-state index in [0.29, 0.717) is 43.9 Å². The molecule has 2 aromatic rings. The molecule has 8 heteroatoms. The number of pyridine rings is 1.